The van der Waals surface area contributed by atoms with E-state index in [1.165, 1.54) is 6.07 Å². The molecule has 0 unspecified atom stereocenters. The first-order valence-corrected chi connectivity index (χ1v) is 18.0. The number of rotatable bonds is 21. The van der Waals surface area contributed by atoms with Gasteiger partial charge in [-0.2, -0.15) is 13.2 Å². The Balaban J connectivity index is 1.79. The van der Waals surface area contributed by atoms with Crippen molar-refractivity contribution in [3.8, 4) is 40.1 Å². The number of unbranched alkanes of at least 4 members (excludes halogenated alkanes) is 3. The van der Waals surface area contributed by atoms with E-state index in [1.54, 1.807) is 18.2 Å². The first kappa shape index (κ1) is 38.8. The van der Waals surface area contributed by atoms with Crippen LogP contribution in [0.4, 0.5) is 17.6 Å². The molecule has 0 saturated heterocycles. The molecule has 0 aliphatic heterocycles. The summed E-state index contributed by atoms with van der Waals surface area (Å²) >= 11 is 0. The highest BCUT2D eigenvalue weighted by molar-refractivity contribution is 5.88. The SMILES string of the molecule is CCCCOc1cc(OCCCN(CC)CC)c2nc(-c3ccc(Oc4ccc(F)c(C(F)(F)F)c4)cc3OCCCC)n(CCCC)c2c1. The smallest absolute Gasteiger partial charge is 0.419 e. The molecule has 1 heterocycles. The third kappa shape index (κ3) is 10.3. The minimum Gasteiger partial charge on any atom is -0.493 e. The molecular formula is C39H51F4N3O4. The summed E-state index contributed by atoms with van der Waals surface area (Å²) in [6, 6.07) is 11.6. The van der Waals surface area contributed by atoms with Gasteiger partial charge in [-0.05, 0) is 69.1 Å². The van der Waals surface area contributed by atoms with Crippen LogP contribution in [0, 0.1) is 5.82 Å². The van der Waals surface area contributed by atoms with Crippen LogP contribution in [0.1, 0.15) is 85.1 Å². The molecule has 0 atom stereocenters. The van der Waals surface area contributed by atoms with Gasteiger partial charge in [0.05, 0.1) is 36.5 Å². The summed E-state index contributed by atoms with van der Waals surface area (Å²) in [7, 11) is 0. The first-order chi connectivity index (χ1) is 24.1. The summed E-state index contributed by atoms with van der Waals surface area (Å²) < 4.78 is 81.0. The summed E-state index contributed by atoms with van der Waals surface area (Å²) in [6.07, 6.45) is 1.53. The number of nitrogens with zero attached hydrogens (tertiary/aromatic N) is 3. The lowest BCUT2D eigenvalue weighted by Gasteiger charge is -2.18. The molecule has 11 heteroatoms. The molecule has 1 aromatic heterocycles. The highest BCUT2D eigenvalue weighted by Gasteiger charge is 2.34. The second kappa shape index (κ2) is 18.8. The van der Waals surface area contributed by atoms with Crippen LogP contribution in [0.25, 0.3) is 22.4 Å². The zero-order valence-electron chi connectivity index (χ0n) is 30.0. The van der Waals surface area contributed by atoms with Crippen LogP contribution >= 0.6 is 0 Å². The molecule has 0 amide bonds. The Labute approximate surface area is 293 Å². The zero-order chi connectivity index (χ0) is 36.1. The third-order valence-electron chi connectivity index (χ3n) is 8.49. The van der Waals surface area contributed by atoms with Gasteiger partial charge in [-0.1, -0.05) is 53.9 Å². The number of imidazole rings is 1. The van der Waals surface area contributed by atoms with Crippen LogP contribution in [0.15, 0.2) is 48.5 Å². The van der Waals surface area contributed by atoms with Crippen molar-refractivity contribution in [3.05, 3.63) is 59.9 Å². The summed E-state index contributed by atoms with van der Waals surface area (Å²) in [5.41, 5.74) is 0.913. The molecule has 0 N–H and O–H groups in total. The molecule has 50 heavy (non-hydrogen) atoms. The van der Waals surface area contributed by atoms with Crippen molar-refractivity contribution in [3.63, 3.8) is 0 Å². The number of aryl methyl sites for hydroxylation is 1. The summed E-state index contributed by atoms with van der Waals surface area (Å²) in [5, 5.41) is 0. The number of ether oxygens (including phenoxy) is 4. The van der Waals surface area contributed by atoms with E-state index in [2.05, 4.69) is 44.1 Å². The van der Waals surface area contributed by atoms with Gasteiger partial charge in [-0.3, -0.25) is 0 Å². The van der Waals surface area contributed by atoms with E-state index in [-0.39, 0.29) is 11.5 Å². The highest BCUT2D eigenvalue weighted by atomic mass is 19.4. The van der Waals surface area contributed by atoms with E-state index in [4.69, 9.17) is 23.9 Å². The first-order valence-electron chi connectivity index (χ1n) is 18.0. The number of fused-ring (bicyclic) bond motifs is 1. The van der Waals surface area contributed by atoms with Gasteiger partial charge in [0.25, 0.3) is 0 Å². The van der Waals surface area contributed by atoms with Crippen LogP contribution in [-0.4, -0.2) is 53.9 Å². The Bertz CT molecular complexity index is 1650. The van der Waals surface area contributed by atoms with Crippen LogP contribution in [0.2, 0.25) is 0 Å². The number of halogens is 4. The lowest BCUT2D eigenvalue weighted by atomic mass is 10.1. The van der Waals surface area contributed by atoms with Crippen molar-refractivity contribution in [1.82, 2.24) is 14.5 Å². The monoisotopic (exact) mass is 701 g/mol. The molecule has 7 nitrogen and oxygen atoms in total. The Morgan fingerprint density at radius 2 is 1.32 bits per heavy atom. The Hall–Kier alpha value is -3.99. The molecular weight excluding hydrogens is 650 g/mol. The predicted octanol–water partition coefficient (Wildman–Crippen LogP) is 10.9. The zero-order valence-corrected chi connectivity index (χ0v) is 30.0. The number of hydrogen-bond acceptors (Lipinski definition) is 6. The molecule has 4 aromatic rings. The molecule has 0 saturated carbocycles. The van der Waals surface area contributed by atoms with Crippen LogP contribution in [0.5, 0.6) is 28.7 Å². The lowest BCUT2D eigenvalue weighted by Crippen LogP contribution is -2.25. The van der Waals surface area contributed by atoms with Crippen molar-refractivity contribution in [2.24, 2.45) is 0 Å². The molecule has 0 bridgehead atoms. The lowest BCUT2D eigenvalue weighted by molar-refractivity contribution is -0.140. The molecule has 0 aliphatic carbocycles. The fourth-order valence-electron chi connectivity index (χ4n) is 5.57. The van der Waals surface area contributed by atoms with Gasteiger partial charge < -0.3 is 28.4 Å². The molecule has 274 valence electrons. The summed E-state index contributed by atoms with van der Waals surface area (Å²) in [6.45, 7) is 15.8. The Morgan fingerprint density at radius 1 is 0.700 bits per heavy atom. The number of hydrogen-bond donors (Lipinski definition) is 0. The standard InChI is InChI=1S/C39H51F4N3O4/c1-6-11-20-46-34-25-30(47-21-12-7-2)27-36(49-23-14-19-45(9-4)10-5)37(34)44-38(46)31-17-15-29(26-35(31)48-22-13-8-3)50-28-16-18-33(40)32(24-28)39(41,42)43/h15-18,24-27H,6-14,19-23H2,1-5H3. The van der Waals surface area contributed by atoms with Gasteiger partial charge in [-0.25, -0.2) is 9.37 Å². The normalized spacial score (nSPS) is 11.8. The van der Waals surface area contributed by atoms with Crippen molar-refractivity contribution >= 4 is 11.0 Å². The Kier molecular flexibility index (Phi) is 14.6. The second-order valence-electron chi connectivity index (χ2n) is 12.3. The number of alkyl halides is 3. The van der Waals surface area contributed by atoms with Crippen molar-refractivity contribution < 1.29 is 36.5 Å². The van der Waals surface area contributed by atoms with E-state index < -0.39 is 17.6 Å². The van der Waals surface area contributed by atoms with Gasteiger partial charge in [-0.15, -0.1) is 0 Å². The van der Waals surface area contributed by atoms with Gasteiger partial charge >= 0.3 is 6.18 Å². The summed E-state index contributed by atoms with van der Waals surface area (Å²) in [5.74, 6) is 1.26. The third-order valence-corrected chi connectivity index (χ3v) is 8.49. The average Bonchev–Trinajstić information content (AvgIpc) is 3.46. The highest BCUT2D eigenvalue weighted by Crippen LogP contribution is 2.41. The maximum absolute atomic E-state index is 14.0. The van der Waals surface area contributed by atoms with Crippen molar-refractivity contribution in [2.75, 3.05) is 39.5 Å². The maximum Gasteiger partial charge on any atom is 0.419 e. The fraction of sp³-hybridized carbons (Fsp3) is 0.513. The van der Waals surface area contributed by atoms with E-state index in [0.717, 1.165) is 81.9 Å². The van der Waals surface area contributed by atoms with E-state index in [9.17, 15) is 17.6 Å². The molecule has 3 aromatic carbocycles. The van der Waals surface area contributed by atoms with Gasteiger partial charge in [0.2, 0.25) is 0 Å². The van der Waals surface area contributed by atoms with Gasteiger partial charge in [0, 0.05) is 31.3 Å². The maximum atomic E-state index is 14.0. The molecule has 0 aliphatic rings. The second-order valence-corrected chi connectivity index (χ2v) is 12.3. The Morgan fingerprint density at radius 3 is 2.00 bits per heavy atom. The predicted molar refractivity (Wildman–Crippen MR) is 190 cm³/mol. The molecule has 4 rings (SSSR count). The van der Waals surface area contributed by atoms with Crippen molar-refractivity contribution in [1.29, 1.82) is 0 Å². The average molecular weight is 702 g/mol. The fourth-order valence-corrected chi connectivity index (χ4v) is 5.57. The van der Waals surface area contributed by atoms with Crippen LogP contribution in [0.3, 0.4) is 0 Å². The molecule has 0 fully saturated rings. The van der Waals surface area contributed by atoms with Crippen LogP contribution < -0.4 is 18.9 Å². The van der Waals surface area contributed by atoms with Crippen LogP contribution in [-0.2, 0) is 12.7 Å². The van der Waals surface area contributed by atoms with Crippen molar-refractivity contribution in [2.45, 2.75) is 92.3 Å². The quantitative estimate of drug-likeness (QED) is 0.0637. The number of aromatic nitrogens is 2. The van der Waals surface area contributed by atoms with Gasteiger partial charge in [0.15, 0.2) is 5.75 Å². The largest absolute Gasteiger partial charge is 0.493 e. The summed E-state index contributed by atoms with van der Waals surface area (Å²) in [4.78, 5) is 7.52. The van der Waals surface area contributed by atoms with E-state index >= 15 is 0 Å². The minimum atomic E-state index is -4.85. The van der Waals surface area contributed by atoms with E-state index in [0.29, 0.717) is 60.8 Å². The van der Waals surface area contributed by atoms with Gasteiger partial charge in [0.1, 0.15) is 40.2 Å². The number of benzene rings is 3. The molecule has 0 radical (unpaired) electrons. The minimum absolute atomic E-state index is 0.139. The van der Waals surface area contributed by atoms with E-state index in [1.807, 2.05) is 12.1 Å². The molecule has 0 spiro atoms. The topological polar surface area (TPSA) is 58.0 Å².